The summed E-state index contributed by atoms with van der Waals surface area (Å²) in [6.07, 6.45) is 56.5. The summed E-state index contributed by atoms with van der Waals surface area (Å²) in [5, 5.41) is 65.7. The SMILES string of the molecule is CC[C@]1(O)CC[C@@]2(C)[C@@H](CC[C@@H]3[C@@H]2CC[C@]2(C)[C@@H]([C@H](C)CCC4(O)CCCCC4)CC[C@@H]32)C1.C[C@H](CCC1(O)CCCCC1)[C@H]1CC[C@H]2[C@@H]3CC[C@H]4C[C@@](C)(O)CC[C@]4(C)[C@H]3CC[C@]12C.C[C@H](CCC1(O)CCCOC1)[C@H]1CC[C@H]2[C@@H]3CC[C@H]4C[C@@](C)(O)CC[C@]4(C)[C@H]3CC[C@]12C. The molecule has 1 saturated heterocycles. The van der Waals surface area contributed by atoms with Crippen LogP contribution < -0.4 is 0 Å². The number of fused-ring (bicyclic) bond motifs is 15. The van der Waals surface area contributed by atoms with Gasteiger partial charge >= 0.3 is 0 Å². The van der Waals surface area contributed by atoms with E-state index in [0.717, 1.165) is 216 Å². The van der Waals surface area contributed by atoms with Gasteiger partial charge in [0.15, 0.2) is 0 Å². The van der Waals surface area contributed by atoms with E-state index in [1.165, 1.54) is 186 Å². The molecule has 558 valence electrons. The van der Waals surface area contributed by atoms with Crippen LogP contribution in [0.15, 0.2) is 0 Å². The van der Waals surface area contributed by atoms with Crippen molar-refractivity contribution in [2.75, 3.05) is 13.2 Å². The van der Waals surface area contributed by atoms with Crippen molar-refractivity contribution < 1.29 is 35.4 Å². The van der Waals surface area contributed by atoms with Crippen LogP contribution in [-0.4, -0.2) is 77.5 Å². The van der Waals surface area contributed by atoms with E-state index >= 15 is 0 Å². The molecule has 7 nitrogen and oxygen atoms in total. The standard InChI is InChI=1S/C31H54O2.C30H52O2.C29H50O3/c1-5-30(32)20-19-28(3)23(21-30)9-10-24-26-12-11-25(29(26,4)17-14-27(24)28)22(2)13-18-31(33)15-7-6-8-16-31;1-21(12-17-30(32)14-6-5-7-15-30)24-10-11-25-23-9-8-22-20-27(2,31)18-19-28(22,3)26(23)13-16-29(24,25)4;1-20(10-14-29(31)12-5-17-32-19-29)23-8-9-24-22-7-6-21-18-26(2,30)15-16-27(21,3)25(22)11-13-28(23,24)4/h22-27,32-33H,5-21H2,1-4H3;21-26,31-32H,5-20H2,1-4H3;20-25,30-31H,5-19H2,1-4H3/t22-,23+,24+,25-,26+,27+,28+,29-,30+;21-,22+,23+,24-,25+,26+,27+,28+,29-;20-,21+,22+,23-,24+,25+,26+,27+,28-,29?/m111/s1. The molecule has 15 fully saturated rings. The van der Waals surface area contributed by atoms with E-state index in [9.17, 15) is 30.6 Å². The van der Waals surface area contributed by atoms with Gasteiger partial charge in [0, 0.05) is 6.61 Å². The number of hydrogen-bond donors (Lipinski definition) is 6. The third kappa shape index (κ3) is 14.3. The lowest BCUT2D eigenvalue weighted by Crippen LogP contribution is -2.56. The van der Waals surface area contributed by atoms with Crippen LogP contribution in [0.1, 0.15) is 378 Å². The number of ether oxygens (including phenoxy) is 1. The van der Waals surface area contributed by atoms with Gasteiger partial charge in [-0.3, -0.25) is 0 Å². The minimum atomic E-state index is -0.571. The molecule has 1 aliphatic heterocycles. The molecule has 28 atom stereocenters. The van der Waals surface area contributed by atoms with Gasteiger partial charge in [-0.2, -0.15) is 0 Å². The van der Waals surface area contributed by atoms with Gasteiger partial charge < -0.3 is 35.4 Å². The fraction of sp³-hybridized carbons (Fsp3) is 1.00. The highest BCUT2D eigenvalue weighted by atomic mass is 16.5. The van der Waals surface area contributed by atoms with Gasteiger partial charge in [-0.1, -0.05) is 108 Å². The molecule has 0 aromatic rings. The highest BCUT2D eigenvalue weighted by Crippen LogP contribution is 2.73. The molecule has 97 heavy (non-hydrogen) atoms. The first kappa shape index (κ1) is 75.0. The van der Waals surface area contributed by atoms with Crippen LogP contribution in [-0.2, 0) is 4.74 Å². The topological polar surface area (TPSA) is 131 Å². The Balaban J connectivity index is 0.000000131. The summed E-state index contributed by atoms with van der Waals surface area (Å²) in [5.41, 5.74) is 0.454. The number of aliphatic hydroxyl groups is 6. The molecule has 14 saturated carbocycles. The van der Waals surface area contributed by atoms with Crippen molar-refractivity contribution in [3.63, 3.8) is 0 Å². The summed E-state index contributed by atoms with van der Waals surface area (Å²) in [4.78, 5) is 0. The van der Waals surface area contributed by atoms with Gasteiger partial charge in [-0.25, -0.2) is 0 Å². The Morgan fingerprint density at radius 2 is 0.639 bits per heavy atom. The molecule has 0 bridgehead atoms. The van der Waals surface area contributed by atoms with Gasteiger partial charge in [0.05, 0.1) is 40.2 Å². The Kier molecular flexibility index (Phi) is 21.7. The second kappa shape index (κ2) is 28.1. The Morgan fingerprint density at radius 1 is 0.309 bits per heavy atom. The smallest absolute Gasteiger partial charge is 0.0881 e. The van der Waals surface area contributed by atoms with Crippen LogP contribution in [0.2, 0.25) is 0 Å². The van der Waals surface area contributed by atoms with Crippen molar-refractivity contribution in [3.05, 3.63) is 0 Å². The normalized spacial score (nSPS) is 52.0. The zero-order chi connectivity index (χ0) is 69.0. The monoisotopic (exact) mass is 1350 g/mol. The van der Waals surface area contributed by atoms with Crippen LogP contribution >= 0.6 is 0 Å². The molecule has 0 radical (unpaired) electrons. The highest BCUT2D eigenvalue weighted by Gasteiger charge is 2.65. The lowest BCUT2D eigenvalue weighted by molar-refractivity contribution is -0.153. The third-order valence-corrected chi connectivity index (χ3v) is 37.7. The Bertz CT molecular complexity index is 2500. The summed E-state index contributed by atoms with van der Waals surface area (Å²) in [7, 11) is 0. The first-order valence-corrected chi connectivity index (χ1v) is 43.7. The van der Waals surface area contributed by atoms with Crippen LogP contribution in [0.3, 0.4) is 0 Å². The summed E-state index contributed by atoms with van der Waals surface area (Å²) < 4.78 is 5.61. The molecular weight excluding hydrogens is 1190 g/mol. The van der Waals surface area contributed by atoms with E-state index in [2.05, 4.69) is 83.1 Å². The molecule has 15 rings (SSSR count). The van der Waals surface area contributed by atoms with Gasteiger partial charge in [0.1, 0.15) is 0 Å². The zero-order valence-electron chi connectivity index (χ0n) is 65.4. The van der Waals surface area contributed by atoms with E-state index in [0.29, 0.717) is 45.0 Å². The molecular formula is C90H156O7. The van der Waals surface area contributed by atoms with Crippen molar-refractivity contribution in [3.8, 4) is 0 Å². The van der Waals surface area contributed by atoms with Crippen molar-refractivity contribution in [1.29, 1.82) is 0 Å². The van der Waals surface area contributed by atoms with E-state index in [-0.39, 0.29) is 16.8 Å². The Hall–Kier alpha value is -0.280. The predicted octanol–water partition coefficient (Wildman–Crippen LogP) is 21.8. The molecule has 14 aliphatic carbocycles. The number of hydrogen-bond acceptors (Lipinski definition) is 7. The summed E-state index contributed by atoms with van der Waals surface area (Å²) >= 11 is 0. The highest BCUT2D eigenvalue weighted by molar-refractivity contribution is 5.15. The molecule has 6 N–H and O–H groups in total. The average molecular weight is 1350 g/mol. The molecule has 1 unspecified atom stereocenters. The molecule has 15 aliphatic rings. The van der Waals surface area contributed by atoms with Crippen molar-refractivity contribution in [2.45, 2.75) is 412 Å². The van der Waals surface area contributed by atoms with Gasteiger partial charge in [0.2, 0.25) is 0 Å². The molecule has 1 heterocycles. The fourth-order valence-corrected chi connectivity index (χ4v) is 31.5. The minimum Gasteiger partial charge on any atom is -0.390 e. The fourth-order valence-electron chi connectivity index (χ4n) is 31.5. The molecule has 7 heteroatoms. The maximum absolute atomic E-state index is 11.1. The van der Waals surface area contributed by atoms with E-state index in [1.807, 2.05) is 0 Å². The van der Waals surface area contributed by atoms with Crippen LogP contribution in [0.5, 0.6) is 0 Å². The molecule has 0 amide bonds. The average Bonchev–Trinajstić information content (AvgIpc) is 1.68. The summed E-state index contributed by atoms with van der Waals surface area (Å²) in [6.45, 7) is 31.1. The Morgan fingerprint density at radius 3 is 0.990 bits per heavy atom. The second-order valence-electron chi connectivity index (χ2n) is 42.8. The lowest BCUT2D eigenvalue weighted by atomic mass is 9.43. The third-order valence-electron chi connectivity index (χ3n) is 37.7. The largest absolute Gasteiger partial charge is 0.390 e. The van der Waals surface area contributed by atoms with E-state index < -0.39 is 16.8 Å². The zero-order valence-corrected chi connectivity index (χ0v) is 65.4. The van der Waals surface area contributed by atoms with Crippen molar-refractivity contribution in [1.82, 2.24) is 0 Å². The maximum Gasteiger partial charge on any atom is 0.0881 e. The first-order chi connectivity index (χ1) is 45.8. The van der Waals surface area contributed by atoms with Crippen molar-refractivity contribution in [2.24, 2.45) is 139 Å². The van der Waals surface area contributed by atoms with Crippen LogP contribution in [0, 0.1) is 139 Å². The lowest BCUT2D eigenvalue weighted by Gasteiger charge is -2.62. The quantitative estimate of drug-likeness (QED) is 0.108. The Labute approximate surface area is 596 Å². The van der Waals surface area contributed by atoms with Crippen LogP contribution in [0.4, 0.5) is 0 Å². The summed E-state index contributed by atoms with van der Waals surface area (Å²) in [5.74, 6) is 15.1. The van der Waals surface area contributed by atoms with Crippen LogP contribution in [0.25, 0.3) is 0 Å². The minimum absolute atomic E-state index is 0.349. The van der Waals surface area contributed by atoms with E-state index in [1.54, 1.807) is 0 Å². The molecule has 0 aromatic heterocycles. The summed E-state index contributed by atoms with van der Waals surface area (Å²) in [6, 6.07) is 0. The van der Waals surface area contributed by atoms with Gasteiger partial charge in [0.25, 0.3) is 0 Å². The van der Waals surface area contributed by atoms with Gasteiger partial charge in [-0.05, 0) is 410 Å². The molecule has 0 aromatic carbocycles. The number of rotatable bonds is 13. The second-order valence-corrected chi connectivity index (χ2v) is 42.8. The van der Waals surface area contributed by atoms with Crippen molar-refractivity contribution >= 4 is 0 Å². The predicted molar refractivity (Wildman–Crippen MR) is 398 cm³/mol. The first-order valence-electron chi connectivity index (χ1n) is 43.7. The maximum atomic E-state index is 11.1. The van der Waals surface area contributed by atoms with E-state index in [4.69, 9.17) is 4.74 Å². The molecule has 0 spiro atoms. The van der Waals surface area contributed by atoms with Gasteiger partial charge in [-0.15, -0.1) is 0 Å².